The second kappa shape index (κ2) is 6.31. The SMILES string of the molecule is Nc1cccc(-c2ccc(OCc3ccccc3)cc2F)c1. The second-order valence-corrected chi connectivity index (χ2v) is 5.04. The number of nitrogens with two attached hydrogens (primary N) is 1. The fourth-order valence-corrected chi connectivity index (χ4v) is 2.27. The molecule has 0 fully saturated rings. The highest BCUT2D eigenvalue weighted by atomic mass is 19.1. The maximum atomic E-state index is 14.3. The van der Waals surface area contributed by atoms with Crippen molar-refractivity contribution in [1.82, 2.24) is 0 Å². The summed E-state index contributed by atoms with van der Waals surface area (Å²) in [6.45, 7) is 0.415. The summed E-state index contributed by atoms with van der Waals surface area (Å²) in [5, 5.41) is 0. The van der Waals surface area contributed by atoms with Crippen molar-refractivity contribution in [3.05, 3.63) is 84.2 Å². The van der Waals surface area contributed by atoms with Gasteiger partial charge in [0.25, 0.3) is 0 Å². The lowest BCUT2D eigenvalue weighted by Crippen LogP contribution is -1.96. The summed E-state index contributed by atoms with van der Waals surface area (Å²) in [5.74, 6) is 0.185. The molecule has 2 N–H and O–H groups in total. The Labute approximate surface area is 129 Å². The van der Waals surface area contributed by atoms with Gasteiger partial charge in [0.05, 0.1) is 0 Å². The Hall–Kier alpha value is -2.81. The summed E-state index contributed by atoms with van der Waals surface area (Å²) in [6, 6.07) is 21.8. The van der Waals surface area contributed by atoms with E-state index in [2.05, 4.69) is 0 Å². The van der Waals surface area contributed by atoms with Crippen LogP contribution in [0, 0.1) is 5.82 Å². The Morgan fingerprint density at radius 1 is 0.864 bits per heavy atom. The van der Waals surface area contributed by atoms with Crippen molar-refractivity contribution < 1.29 is 9.13 Å². The van der Waals surface area contributed by atoms with Gasteiger partial charge in [-0.2, -0.15) is 0 Å². The van der Waals surface area contributed by atoms with Crippen molar-refractivity contribution >= 4 is 5.69 Å². The Bertz CT molecular complexity index is 771. The molecule has 3 aromatic rings. The quantitative estimate of drug-likeness (QED) is 0.710. The predicted molar refractivity (Wildman–Crippen MR) is 87.0 cm³/mol. The van der Waals surface area contributed by atoms with Crippen LogP contribution >= 0.6 is 0 Å². The molecule has 2 nitrogen and oxygen atoms in total. The van der Waals surface area contributed by atoms with Crippen LogP contribution in [0.25, 0.3) is 11.1 Å². The monoisotopic (exact) mass is 293 g/mol. The average Bonchev–Trinajstić information content (AvgIpc) is 2.54. The van der Waals surface area contributed by atoms with Crippen LogP contribution in [0.1, 0.15) is 5.56 Å². The highest BCUT2D eigenvalue weighted by molar-refractivity contribution is 5.68. The average molecular weight is 293 g/mol. The van der Waals surface area contributed by atoms with Crippen molar-refractivity contribution in [1.29, 1.82) is 0 Å². The van der Waals surface area contributed by atoms with Gasteiger partial charge in [-0.25, -0.2) is 4.39 Å². The zero-order valence-corrected chi connectivity index (χ0v) is 12.0. The molecule has 3 aromatic carbocycles. The molecule has 22 heavy (non-hydrogen) atoms. The molecule has 110 valence electrons. The van der Waals surface area contributed by atoms with Crippen LogP contribution in [0.4, 0.5) is 10.1 Å². The zero-order valence-electron chi connectivity index (χ0n) is 12.0. The van der Waals surface area contributed by atoms with Crippen LogP contribution in [0.5, 0.6) is 5.75 Å². The first-order valence-electron chi connectivity index (χ1n) is 7.04. The van der Waals surface area contributed by atoms with E-state index in [1.807, 2.05) is 42.5 Å². The fraction of sp³-hybridized carbons (Fsp3) is 0.0526. The molecule has 0 aliphatic heterocycles. The van der Waals surface area contributed by atoms with Crippen LogP contribution in [0.3, 0.4) is 0 Å². The van der Waals surface area contributed by atoms with Gasteiger partial charge in [-0.05, 0) is 35.4 Å². The lowest BCUT2D eigenvalue weighted by Gasteiger charge is -2.09. The largest absolute Gasteiger partial charge is 0.489 e. The van der Waals surface area contributed by atoms with Gasteiger partial charge >= 0.3 is 0 Å². The van der Waals surface area contributed by atoms with Gasteiger partial charge in [-0.3, -0.25) is 0 Å². The molecule has 3 heteroatoms. The third-order valence-electron chi connectivity index (χ3n) is 3.39. The molecule has 0 aliphatic carbocycles. The van der Waals surface area contributed by atoms with Crippen LogP contribution in [0.2, 0.25) is 0 Å². The topological polar surface area (TPSA) is 35.2 Å². The Kier molecular flexibility index (Phi) is 4.05. The van der Waals surface area contributed by atoms with Gasteiger partial charge in [0.2, 0.25) is 0 Å². The first-order valence-corrected chi connectivity index (χ1v) is 7.04. The number of hydrogen-bond donors (Lipinski definition) is 1. The number of anilines is 1. The van der Waals surface area contributed by atoms with E-state index in [0.29, 0.717) is 23.6 Å². The Morgan fingerprint density at radius 2 is 1.68 bits per heavy atom. The van der Waals surface area contributed by atoms with E-state index in [9.17, 15) is 4.39 Å². The van der Waals surface area contributed by atoms with E-state index >= 15 is 0 Å². The molecular weight excluding hydrogens is 277 g/mol. The zero-order chi connectivity index (χ0) is 15.4. The maximum Gasteiger partial charge on any atom is 0.134 e. The number of nitrogen functional groups attached to an aromatic ring is 1. The molecule has 0 bridgehead atoms. The van der Waals surface area contributed by atoms with Crippen molar-refractivity contribution in [3.63, 3.8) is 0 Å². The minimum Gasteiger partial charge on any atom is -0.489 e. The molecule has 0 aromatic heterocycles. The number of ether oxygens (including phenoxy) is 1. The van der Waals surface area contributed by atoms with Crippen LogP contribution in [0.15, 0.2) is 72.8 Å². The summed E-state index contributed by atoms with van der Waals surface area (Å²) in [7, 11) is 0. The number of rotatable bonds is 4. The molecule has 0 amide bonds. The fourth-order valence-electron chi connectivity index (χ4n) is 2.27. The number of halogens is 1. The maximum absolute atomic E-state index is 14.3. The lowest BCUT2D eigenvalue weighted by atomic mass is 10.0. The van der Waals surface area contributed by atoms with Gasteiger partial charge in [0.15, 0.2) is 0 Å². The summed E-state index contributed by atoms with van der Waals surface area (Å²) < 4.78 is 19.9. The number of benzene rings is 3. The molecule has 0 unspecified atom stereocenters. The van der Waals surface area contributed by atoms with Gasteiger partial charge < -0.3 is 10.5 Å². The van der Waals surface area contributed by atoms with Gasteiger partial charge in [0, 0.05) is 17.3 Å². The normalized spacial score (nSPS) is 10.4. The predicted octanol–water partition coefficient (Wildman–Crippen LogP) is 4.65. The first-order chi connectivity index (χ1) is 10.7. The van der Waals surface area contributed by atoms with Gasteiger partial charge in [-0.15, -0.1) is 0 Å². The van der Waals surface area contributed by atoms with E-state index < -0.39 is 0 Å². The van der Waals surface area contributed by atoms with Gasteiger partial charge in [0.1, 0.15) is 18.2 Å². The molecule has 0 saturated carbocycles. The highest BCUT2D eigenvalue weighted by Crippen LogP contribution is 2.27. The smallest absolute Gasteiger partial charge is 0.134 e. The summed E-state index contributed by atoms with van der Waals surface area (Å²) in [4.78, 5) is 0. The Balaban J connectivity index is 1.77. The highest BCUT2D eigenvalue weighted by Gasteiger charge is 2.07. The number of hydrogen-bond acceptors (Lipinski definition) is 2. The van der Waals surface area contributed by atoms with E-state index in [1.54, 1.807) is 24.3 Å². The van der Waals surface area contributed by atoms with E-state index in [4.69, 9.17) is 10.5 Å². The summed E-state index contributed by atoms with van der Waals surface area (Å²) in [6.07, 6.45) is 0. The summed E-state index contributed by atoms with van der Waals surface area (Å²) >= 11 is 0. The summed E-state index contributed by atoms with van der Waals surface area (Å²) in [5.41, 5.74) is 8.67. The molecule has 0 atom stereocenters. The molecule has 0 saturated heterocycles. The molecule has 0 spiro atoms. The van der Waals surface area contributed by atoms with Gasteiger partial charge in [-0.1, -0.05) is 42.5 Å². The minimum atomic E-state index is -0.323. The van der Waals surface area contributed by atoms with Crippen molar-refractivity contribution in [2.45, 2.75) is 6.61 Å². The molecule has 3 rings (SSSR count). The van der Waals surface area contributed by atoms with Crippen LogP contribution < -0.4 is 10.5 Å². The Morgan fingerprint density at radius 3 is 2.41 bits per heavy atom. The van der Waals surface area contributed by atoms with E-state index in [1.165, 1.54) is 6.07 Å². The first kappa shape index (κ1) is 14.1. The van der Waals surface area contributed by atoms with Crippen LogP contribution in [-0.4, -0.2) is 0 Å². The minimum absolute atomic E-state index is 0.323. The lowest BCUT2D eigenvalue weighted by molar-refractivity contribution is 0.304. The van der Waals surface area contributed by atoms with Crippen molar-refractivity contribution in [2.24, 2.45) is 0 Å². The van der Waals surface area contributed by atoms with Crippen molar-refractivity contribution in [3.8, 4) is 16.9 Å². The third-order valence-corrected chi connectivity index (χ3v) is 3.39. The molecule has 0 heterocycles. The standard InChI is InChI=1S/C19H16FNO/c20-19-12-17(22-13-14-5-2-1-3-6-14)9-10-18(19)15-7-4-8-16(21)11-15/h1-12H,13,21H2. The third kappa shape index (κ3) is 3.26. The second-order valence-electron chi connectivity index (χ2n) is 5.04. The molecule has 0 radical (unpaired) electrons. The van der Waals surface area contributed by atoms with E-state index in [0.717, 1.165) is 11.1 Å². The van der Waals surface area contributed by atoms with Crippen molar-refractivity contribution in [2.75, 3.05) is 5.73 Å². The van der Waals surface area contributed by atoms with E-state index in [-0.39, 0.29) is 5.82 Å². The molecular formula is C19H16FNO. The molecule has 0 aliphatic rings. The van der Waals surface area contributed by atoms with Crippen LogP contribution in [-0.2, 0) is 6.61 Å².